The molecule has 6 amide bonds. The second-order valence-corrected chi connectivity index (χ2v) is 13.6. The summed E-state index contributed by atoms with van der Waals surface area (Å²) in [5.74, 6) is -2.21. The first kappa shape index (κ1) is 31.9. The molecule has 16 heteroatoms. The first-order chi connectivity index (χ1) is 19.9. The molecule has 4 saturated heterocycles. The third-order valence-electron chi connectivity index (χ3n) is 7.87. The summed E-state index contributed by atoms with van der Waals surface area (Å²) in [6.45, 7) is 3.61. The van der Waals surface area contributed by atoms with Gasteiger partial charge in [0.05, 0.1) is 47.1 Å². The van der Waals surface area contributed by atoms with E-state index in [4.69, 9.17) is 23.2 Å². The minimum absolute atomic E-state index is 0. The second kappa shape index (κ2) is 11.8. The number of thioether (sulfide) groups is 1. The number of nitrogens with zero attached hydrogens (tertiary/aromatic N) is 3. The average molecular weight is 655 g/mol. The summed E-state index contributed by atoms with van der Waals surface area (Å²) in [6, 6.07) is 8.33. The molecule has 220 valence electrons. The van der Waals surface area contributed by atoms with Gasteiger partial charge < -0.3 is 25.4 Å². The number of amides is 6. The number of benzene rings is 2. The van der Waals surface area contributed by atoms with Crippen LogP contribution in [-0.4, -0.2) is 79.4 Å². The molecule has 0 aromatic heterocycles. The summed E-state index contributed by atoms with van der Waals surface area (Å²) < 4.78 is -0.751. The van der Waals surface area contributed by atoms with E-state index >= 15 is 0 Å². The molecule has 12 nitrogen and oxygen atoms in total. The van der Waals surface area contributed by atoms with Crippen LogP contribution in [0.4, 0.5) is 15.3 Å². The Balaban J connectivity index is 0.00000368. The number of hydrazine groups is 1. The predicted octanol–water partition coefficient (Wildman–Crippen LogP) is -1.27. The SMILES string of the molecule is CC1(C)S[C@@H]2[C@H](NC(=O)Cc3cccc(NC(=O)N4CC5C(c6ccc(Cl)c(Cl)c6)NN5C4=O)c3)C(=O)N2[C@H]1C(=O)[O-].[Na+]. The quantitative estimate of drug-likeness (QED) is 0.258. The van der Waals surface area contributed by atoms with Crippen molar-refractivity contribution in [3.05, 3.63) is 63.6 Å². The smallest absolute Gasteiger partial charge is 0.548 e. The fourth-order valence-corrected chi connectivity index (χ4v) is 7.76. The number of hydrogen-bond acceptors (Lipinski definition) is 8. The molecule has 0 bridgehead atoms. The topological polar surface area (TPSA) is 154 Å². The number of imide groups is 1. The van der Waals surface area contributed by atoms with E-state index < -0.39 is 52.1 Å². The number of carbonyl (C=O) groups is 5. The molecule has 0 radical (unpaired) electrons. The van der Waals surface area contributed by atoms with Crippen LogP contribution in [0.1, 0.15) is 31.0 Å². The Bertz CT molecular complexity index is 1550. The van der Waals surface area contributed by atoms with Crippen LogP contribution in [0.15, 0.2) is 42.5 Å². The maximum atomic E-state index is 13.0. The summed E-state index contributed by atoms with van der Waals surface area (Å²) >= 11 is 13.5. The Morgan fingerprint density at radius 1 is 1.12 bits per heavy atom. The normalized spacial score (nSPS) is 26.5. The van der Waals surface area contributed by atoms with E-state index in [1.54, 1.807) is 50.2 Å². The van der Waals surface area contributed by atoms with E-state index in [0.717, 1.165) is 10.5 Å². The van der Waals surface area contributed by atoms with Gasteiger partial charge in [-0.25, -0.2) is 19.9 Å². The third kappa shape index (κ3) is 5.60. The van der Waals surface area contributed by atoms with E-state index in [0.29, 0.717) is 21.3 Å². The van der Waals surface area contributed by atoms with E-state index in [1.807, 2.05) is 6.07 Å². The molecule has 6 rings (SSSR count). The third-order valence-corrected chi connectivity index (χ3v) is 10.2. The Morgan fingerprint density at radius 3 is 2.56 bits per heavy atom. The molecule has 4 aliphatic rings. The minimum atomic E-state index is -1.32. The van der Waals surface area contributed by atoms with Crippen LogP contribution >= 0.6 is 35.0 Å². The molecule has 2 aromatic carbocycles. The van der Waals surface area contributed by atoms with Crippen LogP contribution in [0.25, 0.3) is 0 Å². The van der Waals surface area contributed by atoms with Crippen molar-refractivity contribution in [1.29, 1.82) is 0 Å². The Labute approximate surface area is 283 Å². The predicted molar refractivity (Wildman–Crippen MR) is 152 cm³/mol. The standard InChI is InChI=1S/C27H26Cl2N6O6S.Na/c1-27(2)21(24(38)39)34-22(37)20(23(34)42-27)31-18(36)9-12-4-3-5-14(8-12)30-25(40)33-11-17-19(32-35(17)26(33)41)13-6-7-15(28)16(29)10-13;/h3-8,10,17,19-21,23,32H,9,11H2,1-2H3,(H,30,40)(H,31,36)(H,38,39);/q;+1/p-1/t17?,19?,20-,21+,23-;/m1./s1. The number of β-lactam (4-membered cyclic amide) rings is 1. The van der Waals surface area contributed by atoms with Crippen molar-refractivity contribution in [2.24, 2.45) is 0 Å². The molecule has 4 fully saturated rings. The zero-order valence-corrected chi connectivity index (χ0v) is 27.6. The van der Waals surface area contributed by atoms with Gasteiger partial charge in [0.25, 0.3) is 0 Å². The summed E-state index contributed by atoms with van der Waals surface area (Å²) in [4.78, 5) is 65.2. The molecular weight excluding hydrogens is 630 g/mol. The summed E-state index contributed by atoms with van der Waals surface area (Å²) in [5, 5.41) is 18.7. The summed E-state index contributed by atoms with van der Waals surface area (Å²) in [6.07, 6.45) is -0.0774. The van der Waals surface area contributed by atoms with Gasteiger partial charge in [-0.15, -0.1) is 11.8 Å². The van der Waals surface area contributed by atoms with Crippen LogP contribution in [0, 0.1) is 0 Å². The molecule has 0 saturated carbocycles. The summed E-state index contributed by atoms with van der Waals surface area (Å²) in [5.41, 5.74) is 4.84. The van der Waals surface area contributed by atoms with Gasteiger partial charge in [0.1, 0.15) is 11.4 Å². The fraction of sp³-hybridized carbons (Fsp3) is 0.370. The number of halogens is 2. The first-order valence-corrected chi connectivity index (χ1v) is 14.7. The second-order valence-electron chi connectivity index (χ2n) is 11.0. The molecule has 3 N–H and O–H groups in total. The van der Waals surface area contributed by atoms with E-state index in [1.165, 1.54) is 21.7 Å². The molecule has 4 aliphatic heterocycles. The number of hydrogen-bond donors (Lipinski definition) is 3. The zero-order chi connectivity index (χ0) is 30.1. The fourth-order valence-electron chi connectivity index (χ4n) is 5.84. The van der Waals surface area contributed by atoms with Gasteiger partial charge >= 0.3 is 41.6 Å². The average Bonchev–Trinajstić information content (AvgIpc) is 3.31. The van der Waals surface area contributed by atoms with Gasteiger partial charge in [0, 0.05) is 10.4 Å². The van der Waals surface area contributed by atoms with Gasteiger partial charge in [-0.1, -0.05) is 41.4 Å². The van der Waals surface area contributed by atoms with Gasteiger partial charge in [-0.05, 0) is 49.2 Å². The van der Waals surface area contributed by atoms with E-state index in [2.05, 4.69) is 16.1 Å². The van der Waals surface area contributed by atoms with Crippen LogP contribution < -0.4 is 50.7 Å². The molecule has 5 atom stereocenters. The number of rotatable bonds is 6. The van der Waals surface area contributed by atoms with Crippen molar-refractivity contribution in [1.82, 2.24) is 25.6 Å². The van der Waals surface area contributed by atoms with Gasteiger partial charge in [0.15, 0.2) is 0 Å². The van der Waals surface area contributed by atoms with Crippen LogP contribution in [0.2, 0.25) is 10.0 Å². The Kier molecular flexibility index (Phi) is 8.73. The number of urea groups is 2. The number of fused-ring (bicyclic) bond motifs is 2. The number of nitrogens with one attached hydrogen (secondary N) is 3. The van der Waals surface area contributed by atoms with Crippen LogP contribution in [0.5, 0.6) is 0 Å². The molecular formula is C27H25Cl2N6NaO6S. The molecule has 0 aliphatic carbocycles. The maximum absolute atomic E-state index is 13.0. The van der Waals surface area contributed by atoms with Crippen molar-refractivity contribution in [2.75, 3.05) is 11.9 Å². The molecule has 0 spiro atoms. The monoisotopic (exact) mass is 654 g/mol. The number of carboxylic acids is 1. The minimum Gasteiger partial charge on any atom is -0.548 e. The van der Waals surface area contributed by atoms with Gasteiger partial charge in [-0.2, -0.15) is 0 Å². The van der Waals surface area contributed by atoms with E-state index in [9.17, 15) is 29.1 Å². The van der Waals surface area contributed by atoms with Gasteiger partial charge in [-0.3, -0.25) is 14.6 Å². The van der Waals surface area contributed by atoms with Crippen molar-refractivity contribution < 1.29 is 58.6 Å². The Hall–Kier alpha value is -2.52. The summed E-state index contributed by atoms with van der Waals surface area (Å²) in [7, 11) is 0. The van der Waals surface area contributed by atoms with Gasteiger partial charge in [0.2, 0.25) is 11.8 Å². The number of carboxylic acid groups (broad SMARTS) is 1. The van der Waals surface area contributed by atoms with Crippen molar-refractivity contribution in [3.63, 3.8) is 0 Å². The molecule has 2 aromatic rings. The molecule has 2 unspecified atom stereocenters. The molecule has 4 heterocycles. The number of carbonyl (C=O) groups excluding carboxylic acids is 5. The van der Waals surface area contributed by atoms with Crippen molar-refractivity contribution >= 4 is 70.5 Å². The number of aliphatic carboxylic acids is 1. The van der Waals surface area contributed by atoms with E-state index in [-0.39, 0.29) is 54.6 Å². The number of anilines is 1. The maximum Gasteiger partial charge on any atom is 1.00 e. The first-order valence-electron chi connectivity index (χ1n) is 13.1. The zero-order valence-electron chi connectivity index (χ0n) is 23.3. The molecule has 43 heavy (non-hydrogen) atoms. The largest absolute Gasteiger partial charge is 1.00 e. The van der Waals surface area contributed by atoms with Crippen molar-refractivity contribution in [2.45, 2.75) is 54.6 Å². The van der Waals surface area contributed by atoms with Crippen LogP contribution in [-0.2, 0) is 20.8 Å². The Morgan fingerprint density at radius 2 is 1.86 bits per heavy atom. The van der Waals surface area contributed by atoms with Crippen LogP contribution in [0.3, 0.4) is 0 Å². The van der Waals surface area contributed by atoms with Crippen molar-refractivity contribution in [3.8, 4) is 0 Å².